The summed E-state index contributed by atoms with van der Waals surface area (Å²) in [6, 6.07) is 16.2. The van der Waals surface area contributed by atoms with Gasteiger partial charge in [0.2, 0.25) is 5.76 Å². The average molecular weight is 444 g/mol. The van der Waals surface area contributed by atoms with Gasteiger partial charge in [-0.05, 0) is 91.9 Å². The number of fused-ring (bicyclic) bond motifs is 2. The zero-order valence-corrected chi connectivity index (χ0v) is 19.1. The Hall–Kier alpha value is -3.37. The summed E-state index contributed by atoms with van der Waals surface area (Å²) >= 11 is 6.12. The highest BCUT2D eigenvalue weighted by Crippen LogP contribution is 2.42. The maximum atomic E-state index is 13.7. The third-order valence-electron chi connectivity index (χ3n) is 6.44. The Morgan fingerprint density at radius 2 is 1.47 bits per heavy atom. The molecule has 0 spiro atoms. The Bertz CT molecular complexity index is 1470. The van der Waals surface area contributed by atoms with Crippen molar-refractivity contribution < 1.29 is 9.21 Å². The number of anilines is 1. The number of halogens is 1. The highest BCUT2D eigenvalue weighted by Gasteiger charge is 2.43. The Morgan fingerprint density at radius 3 is 2.16 bits per heavy atom. The van der Waals surface area contributed by atoms with Crippen LogP contribution >= 0.6 is 11.6 Å². The molecule has 1 unspecified atom stereocenters. The molecule has 4 aromatic rings. The van der Waals surface area contributed by atoms with Crippen molar-refractivity contribution in [2.75, 3.05) is 4.90 Å². The molecule has 1 aliphatic rings. The molecule has 0 saturated heterocycles. The molecule has 3 aromatic carbocycles. The van der Waals surface area contributed by atoms with Gasteiger partial charge in [-0.15, -0.1) is 0 Å². The van der Waals surface area contributed by atoms with Gasteiger partial charge < -0.3 is 4.42 Å². The molecule has 0 N–H and O–H groups in total. The molecule has 0 aliphatic carbocycles. The van der Waals surface area contributed by atoms with Crippen LogP contribution in [0, 0.1) is 27.7 Å². The third-order valence-corrected chi connectivity index (χ3v) is 6.69. The standard InChI is InChI=1S/C27H22ClNO3/c1-14-5-10-20(11-15(14)2)29-24(18-6-8-19(28)9-7-18)23-25(30)21-12-16(3)17(4)13-22(21)32-26(23)27(29)31/h5-13,24H,1-4H3. The first-order valence-electron chi connectivity index (χ1n) is 10.5. The van der Waals surface area contributed by atoms with E-state index in [0.29, 0.717) is 21.6 Å². The van der Waals surface area contributed by atoms with Crippen LogP contribution in [0.15, 0.2) is 63.8 Å². The van der Waals surface area contributed by atoms with E-state index >= 15 is 0 Å². The molecule has 0 radical (unpaired) electrons. The summed E-state index contributed by atoms with van der Waals surface area (Å²) in [6.07, 6.45) is 0. The monoisotopic (exact) mass is 443 g/mol. The van der Waals surface area contributed by atoms with Gasteiger partial charge in [0.1, 0.15) is 5.58 Å². The Kier molecular flexibility index (Phi) is 4.72. The first-order valence-corrected chi connectivity index (χ1v) is 10.9. The molecular formula is C27H22ClNO3. The van der Waals surface area contributed by atoms with Gasteiger partial charge in [-0.2, -0.15) is 0 Å². The number of hydrogen-bond donors (Lipinski definition) is 0. The van der Waals surface area contributed by atoms with Crippen LogP contribution < -0.4 is 10.3 Å². The zero-order chi connectivity index (χ0) is 22.7. The summed E-state index contributed by atoms with van der Waals surface area (Å²) in [6.45, 7) is 7.96. The van der Waals surface area contributed by atoms with E-state index < -0.39 is 6.04 Å². The van der Waals surface area contributed by atoms with Crippen molar-refractivity contribution in [1.29, 1.82) is 0 Å². The molecule has 160 valence electrons. The van der Waals surface area contributed by atoms with Crippen molar-refractivity contribution in [3.05, 3.63) is 109 Å². The highest BCUT2D eigenvalue weighted by molar-refractivity contribution is 6.30. The molecule has 5 heteroatoms. The summed E-state index contributed by atoms with van der Waals surface area (Å²) < 4.78 is 6.10. The molecule has 0 saturated carbocycles. The van der Waals surface area contributed by atoms with Gasteiger partial charge >= 0.3 is 0 Å². The Balaban J connectivity index is 1.82. The minimum atomic E-state index is -0.598. The first-order chi connectivity index (χ1) is 15.3. The van der Waals surface area contributed by atoms with E-state index in [1.807, 2.05) is 70.2 Å². The minimum Gasteiger partial charge on any atom is -0.450 e. The Labute approximate surface area is 191 Å². The number of carbonyl (C=O) groups excluding carboxylic acids is 1. The molecule has 5 rings (SSSR count). The van der Waals surface area contributed by atoms with Crippen molar-refractivity contribution in [3.8, 4) is 0 Å². The largest absolute Gasteiger partial charge is 0.450 e. The average Bonchev–Trinajstić information content (AvgIpc) is 3.05. The van der Waals surface area contributed by atoms with E-state index in [0.717, 1.165) is 33.5 Å². The fraction of sp³-hybridized carbons (Fsp3) is 0.185. The maximum absolute atomic E-state index is 13.7. The van der Waals surface area contributed by atoms with Gasteiger partial charge in [-0.25, -0.2) is 0 Å². The molecule has 32 heavy (non-hydrogen) atoms. The van der Waals surface area contributed by atoms with Crippen molar-refractivity contribution in [2.45, 2.75) is 33.7 Å². The van der Waals surface area contributed by atoms with Crippen LogP contribution in [0.25, 0.3) is 11.0 Å². The second-order valence-corrected chi connectivity index (χ2v) is 8.94. The summed E-state index contributed by atoms with van der Waals surface area (Å²) in [7, 11) is 0. The smallest absolute Gasteiger partial charge is 0.295 e. The molecule has 1 aliphatic heterocycles. The number of hydrogen-bond acceptors (Lipinski definition) is 3. The first kappa shape index (κ1) is 20.5. The predicted octanol–water partition coefficient (Wildman–Crippen LogP) is 6.43. The number of amides is 1. The minimum absolute atomic E-state index is 0.101. The summed E-state index contributed by atoms with van der Waals surface area (Å²) in [5.41, 5.74) is 6.35. The fourth-order valence-corrected chi connectivity index (χ4v) is 4.46. The number of benzene rings is 3. The van der Waals surface area contributed by atoms with Crippen LogP contribution in [-0.2, 0) is 0 Å². The normalized spacial score (nSPS) is 15.5. The van der Waals surface area contributed by atoms with Gasteiger partial charge in [-0.3, -0.25) is 14.5 Å². The summed E-state index contributed by atoms with van der Waals surface area (Å²) in [4.78, 5) is 29.0. The van der Waals surface area contributed by atoms with Crippen LogP contribution in [-0.4, -0.2) is 5.91 Å². The van der Waals surface area contributed by atoms with Gasteiger partial charge in [0.15, 0.2) is 5.43 Å². The van der Waals surface area contributed by atoms with Gasteiger partial charge in [0.05, 0.1) is 17.0 Å². The lowest BCUT2D eigenvalue weighted by atomic mass is 9.97. The molecule has 0 bridgehead atoms. The fourth-order valence-electron chi connectivity index (χ4n) is 4.33. The van der Waals surface area contributed by atoms with E-state index in [1.165, 1.54) is 0 Å². The van der Waals surface area contributed by atoms with Crippen molar-refractivity contribution >= 4 is 34.2 Å². The maximum Gasteiger partial charge on any atom is 0.295 e. The molecule has 2 heterocycles. The van der Waals surface area contributed by atoms with Gasteiger partial charge in [0, 0.05) is 10.7 Å². The topological polar surface area (TPSA) is 50.5 Å². The van der Waals surface area contributed by atoms with Crippen molar-refractivity contribution in [2.24, 2.45) is 0 Å². The number of aryl methyl sites for hydroxylation is 4. The molecule has 1 aromatic heterocycles. The second-order valence-electron chi connectivity index (χ2n) is 8.50. The number of rotatable bonds is 2. The van der Waals surface area contributed by atoms with Crippen LogP contribution in [0.4, 0.5) is 5.69 Å². The van der Waals surface area contributed by atoms with Crippen LogP contribution in [0.1, 0.15) is 50.0 Å². The van der Waals surface area contributed by atoms with Crippen molar-refractivity contribution in [1.82, 2.24) is 0 Å². The van der Waals surface area contributed by atoms with Crippen LogP contribution in [0.5, 0.6) is 0 Å². The van der Waals surface area contributed by atoms with Crippen LogP contribution in [0.2, 0.25) is 5.02 Å². The predicted molar refractivity (Wildman–Crippen MR) is 128 cm³/mol. The lowest BCUT2D eigenvalue weighted by Gasteiger charge is -2.26. The van der Waals surface area contributed by atoms with E-state index in [4.69, 9.17) is 16.0 Å². The quantitative estimate of drug-likeness (QED) is 0.358. The molecule has 1 atom stereocenters. The molecule has 0 fully saturated rings. The van der Waals surface area contributed by atoms with E-state index in [-0.39, 0.29) is 17.1 Å². The number of carbonyl (C=O) groups is 1. The van der Waals surface area contributed by atoms with E-state index in [9.17, 15) is 9.59 Å². The zero-order valence-electron chi connectivity index (χ0n) is 18.3. The van der Waals surface area contributed by atoms with Crippen LogP contribution in [0.3, 0.4) is 0 Å². The lowest BCUT2D eigenvalue weighted by molar-refractivity contribution is 0.0971. The third kappa shape index (κ3) is 3.06. The van der Waals surface area contributed by atoms with E-state index in [1.54, 1.807) is 17.0 Å². The lowest BCUT2D eigenvalue weighted by Crippen LogP contribution is -2.29. The summed E-state index contributed by atoms with van der Waals surface area (Å²) in [5.74, 6) is -0.218. The molecular weight excluding hydrogens is 422 g/mol. The number of nitrogens with zero attached hydrogens (tertiary/aromatic N) is 1. The summed E-state index contributed by atoms with van der Waals surface area (Å²) in [5, 5.41) is 1.08. The SMILES string of the molecule is Cc1ccc(N2C(=O)c3oc4cc(C)c(C)cc4c(=O)c3C2c2ccc(Cl)cc2)cc1C. The Morgan fingerprint density at radius 1 is 0.812 bits per heavy atom. The molecule has 4 nitrogen and oxygen atoms in total. The second kappa shape index (κ2) is 7.35. The van der Waals surface area contributed by atoms with Crippen molar-refractivity contribution in [3.63, 3.8) is 0 Å². The van der Waals surface area contributed by atoms with Gasteiger partial charge in [-0.1, -0.05) is 29.8 Å². The van der Waals surface area contributed by atoms with E-state index in [2.05, 4.69) is 0 Å². The molecule has 1 amide bonds. The highest BCUT2D eigenvalue weighted by atomic mass is 35.5. The van der Waals surface area contributed by atoms with Gasteiger partial charge in [0.25, 0.3) is 5.91 Å².